The minimum absolute atomic E-state index is 0.423. The van der Waals surface area contributed by atoms with Gasteiger partial charge in [-0.2, -0.15) is 0 Å². The first-order valence-corrected chi connectivity index (χ1v) is 5.49. The van der Waals surface area contributed by atoms with Crippen LogP contribution in [0.2, 0.25) is 0 Å². The van der Waals surface area contributed by atoms with Gasteiger partial charge in [-0.25, -0.2) is 0 Å². The third-order valence-corrected chi connectivity index (χ3v) is 2.60. The highest BCUT2D eigenvalue weighted by molar-refractivity contribution is 5.12. The van der Waals surface area contributed by atoms with Gasteiger partial charge >= 0.3 is 0 Å². The Hall–Kier alpha value is -2.11. The number of nitrogens with one attached hydrogen (secondary N) is 1. The minimum atomic E-state index is -0.423. The molecule has 2 rings (SSSR count). The van der Waals surface area contributed by atoms with Crippen molar-refractivity contribution in [3.05, 3.63) is 52.2 Å². The van der Waals surface area contributed by atoms with E-state index >= 15 is 0 Å². The van der Waals surface area contributed by atoms with Crippen molar-refractivity contribution in [1.82, 2.24) is 15.2 Å². The molecule has 0 unspecified atom stereocenters. The van der Waals surface area contributed by atoms with Crippen LogP contribution in [0.15, 0.2) is 36.5 Å². The molecule has 1 aliphatic rings. The lowest BCUT2D eigenvalue weighted by molar-refractivity contribution is -0.405. The lowest BCUT2D eigenvalue weighted by Crippen LogP contribution is -2.39. The van der Waals surface area contributed by atoms with Crippen LogP contribution in [0.3, 0.4) is 0 Å². The van der Waals surface area contributed by atoms with Gasteiger partial charge in [-0.05, 0) is 24.1 Å². The second-order valence-electron chi connectivity index (χ2n) is 3.86. The van der Waals surface area contributed by atoms with Gasteiger partial charge in [0.25, 0.3) is 6.20 Å². The standard InChI is InChI=1S/C11H14N4O2/c16-15(17)9-11-13-4-1-7-14(11)8-10-2-5-12-6-3-10/h2-3,5-6,9,13H,1,4,7-8H2. The first-order valence-electron chi connectivity index (χ1n) is 5.49. The van der Waals surface area contributed by atoms with E-state index in [-0.39, 0.29) is 0 Å². The van der Waals surface area contributed by atoms with E-state index in [4.69, 9.17) is 0 Å². The van der Waals surface area contributed by atoms with Gasteiger partial charge in [-0.3, -0.25) is 15.1 Å². The number of rotatable bonds is 3. The van der Waals surface area contributed by atoms with Gasteiger partial charge in [0.15, 0.2) is 5.82 Å². The maximum Gasteiger partial charge on any atom is 0.274 e. The quantitative estimate of drug-likeness (QED) is 0.623. The Kier molecular flexibility index (Phi) is 3.54. The van der Waals surface area contributed by atoms with Crippen molar-refractivity contribution in [3.63, 3.8) is 0 Å². The SMILES string of the molecule is O=[N+]([O-])C=C1NCCCN1Cc1ccncc1. The molecule has 0 bridgehead atoms. The zero-order valence-corrected chi connectivity index (χ0v) is 9.37. The normalized spacial score (nSPS) is 17.9. The Bertz CT molecular complexity index is 419. The average Bonchev–Trinajstić information content (AvgIpc) is 2.32. The fourth-order valence-electron chi connectivity index (χ4n) is 1.82. The molecule has 0 radical (unpaired) electrons. The molecule has 1 aromatic rings. The van der Waals surface area contributed by atoms with Crippen molar-refractivity contribution in [2.24, 2.45) is 0 Å². The molecule has 1 aromatic heterocycles. The summed E-state index contributed by atoms with van der Waals surface area (Å²) in [4.78, 5) is 16.0. The van der Waals surface area contributed by atoms with Crippen LogP contribution < -0.4 is 5.32 Å². The van der Waals surface area contributed by atoms with E-state index < -0.39 is 4.92 Å². The van der Waals surface area contributed by atoms with Crippen LogP contribution in [0.25, 0.3) is 0 Å². The molecule has 6 heteroatoms. The highest BCUT2D eigenvalue weighted by atomic mass is 16.6. The lowest BCUT2D eigenvalue weighted by atomic mass is 10.2. The Morgan fingerprint density at radius 3 is 3.00 bits per heavy atom. The topological polar surface area (TPSA) is 71.3 Å². The number of aromatic nitrogens is 1. The van der Waals surface area contributed by atoms with Crippen LogP contribution in [0.4, 0.5) is 0 Å². The van der Waals surface area contributed by atoms with E-state index in [0.29, 0.717) is 12.4 Å². The lowest BCUT2D eigenvalue weighted by Gasteiger charge is -2.30. The molecule has 90 valence electrons. The summed E-state index contributed by atoms with van der Waals surface area (Å²) in [6, 6.07) is 3.83. The number of nitro groups is 1. The Balaban J connectivity index is 2.09. The first kappa shape index (κ1) is 11.4. The van der Waals surface area contributed by atoms with Gasteiger partial charge in [-0.15, -0.1) is 0 Å². The summed E-state index contributed by atoms with van der Waals surface area (Å²) < 4.78 is 0. The summed E-state index contributed by atoms with van der Waals surface area (Å²) in [7, 11) is 0. The first-order chi connectivity index (χ1) is 8.25. The van der Waals surface area contributed by atoms with Gasteiger partial charge in [0, 0.05) is 32.0 Å². The van der Waals surface area contributed by atoms with Crippen LogP contribution in [0.5, 0.6) is 0 Å². The molecule has 0 aliphatic carbocycles. The zero-order chi connectivity index (χ0) is 12.1. The van der Waals surface area contributed by atoms with Crippen molar-refractivity contribution in [3.8, 4) is 0 Å². The smallest absolute Gasteiger partial charge is 0.274 e. The molecule has 6 nitrogen and oxygen atoms in total. The third kappa shape index (κ3) is 3.17. The monoisotopic (exact) mass is 234 g/mol. The molecule has 0 aromatic carbocycles. The molecule has 1 saturated heterocycles. The number of hydrogen-bond donors (Lipinski definition) is 1. The van der Waals surface area contributed by atoms with E-state index in [9.17, 15) is 10.1 Å². The van der Waals surface area contributed by atoms with Crippen molar-refractivity contribution in [1.29, 1.82) is 0 Å². The Morgan fingerprint density at radius 1 is 1.53 bits per heavy atom. The van der Waals surface area contributed by atoms with Crippen LogP contribution in [-0.2, 0) is 6.54 Å². The van der Waals surface area contributed by atoms with Crippen LogP contribution in [-0.4, -0.2) is 27.9 Å². The maximum absolute atomic E-state index is 10.5. The molecule has 1 aliphatic heterocycles. The van der Waals surface area contributed by atoms with Gasteiger partial charge < -0.3 is 10.2 Å². The van der Waals surface area contributed by atoms with Gasteiger partial charge in [-0.1, -0.05) is 0 Å². The molecular weight excluding hydrogens is 220 g/mol. The van der Waals surface area contributed by atoms with E-state index in [0.717, 1.165) is 31.3 Å². The van der Waals surface area contributed by atoms with E-state index in [1.165, 1.54) is 0 Å². The van der Waals surface area contributed by atoms with Crippen LogP contribution in [0.1, 0.15) is 12.0 Å². The third-order valence-electron chi connectivity index (χ3n) is 2.60. The number of hydrogen-bond acceptors (Lipinski definition) is 5. The minimum Gasteiger partial charge on any atom is -0.367 e. The van der Waals surface area contributed by atoms with Crippen LogP contribution >= 0.6 is 0 Å². The highest BCUT2D eigenvalue weighted by Crippen LogP contribution is 2.12. The molecule has 17 heavy (non-hydrogen) atoms. The van der Waals surface area contributed by atoms with Gasteiger partial charge in [0.05, 0.1) is 4.92 Å². The summed E-state index contributed by atoms with van der Waals surface area (Å²) in [5.41, 5.74) is 1.10. The average molecular weight is 234 g/mol. The number of pyridine rings is 1. The largest absolute Gasteiger partial charge is 0.367 e. The summed E-state index contributed by atoms with van der Waals surface area (Å²) in [6.45, 7) is 2.27. The molecule has 0 atom stereocenters. The second-order valence-corrected chi connectivity index (χ2v) is 3.86. The molecule has 1 fully saturated rings. The molecule has 2 heterocycles. The molecule has 1 N–H and O–H groups in total. The predicted molar refractivity (Wildman–Crippen MR) is 62.3 cm³/mol. The van der Waals surface area contributed by atoms with E-state index in [1.807, 2.05) is 17.0 Å². The molecule has 0 amide bonds. The number of nitrogens with zero attached hydrogens (tertiary/aromatic N) is 3. The second kappa shape index (κ2) is 5.29. The predicted octanol–water partition coefficient (Wildman–Crippen LogP) is 0.952. The fourth-order valence-corrected chi connectivity index (χ4v) is 1.82. The van der Waals surface area contributed by atoms with Crippen molar-refractivity contribution >= 4 is 0 Å². The Morgan fingerprint density at radius 2 is 2.29 bits per heavy atom. The van der Waals surface area contributed by atoms with Crippen molar-refractivity contribution in [2.45, 2.75) is 13.0 Å². The summed E-state index contributed by atoms with van der Waals surface area (Å²) in [5.74, 6) is 0.582. The van der Waals surface area contributed by atoms with E-state index in [1.54, 1.807) is 12.4 Å². The zero-order valence-electron chi connectivity index (χ0n) is 9.37. The maximum atomic E-state index is 10.5. The molecular formula is C11H14N4O2. The summed E-state index contributed by atoms with van der Waals surface area (Å²) in [6.07, 6.45) is 5.47. The molecule has 0 saturated carbocycles. The van der Waals surface area contributed by atoms with Gasteiger partial charge in [0.1, 0.15) is 0 Å². The van der Waals surface area contributed by atoms with Gasteiger partial charge in [0.2, 0.25) is 0 Å². The Labute approximate surface area is 99.1 Å². The highest BCUT2D eigenvalue weighted by Gasteiger charge is 2.17. The van der Waals surface area contributed by atoms with Crippen LogP contribution in [0, 0.1) is 10.1 Å². The summed E-state index contributed by atoms with van der Waals surface area (Å²) >= 11 is 0. The molecule has 0 spiro atoms. The fraction of sp³-hybridized carbons (Fsp3) is 0.364. The van der Waals surface area contributed by atoms with Crippen molar-refractivity contribution in [2.75, 3.05) is 13.1 Å². The van der Waals surface area contributed by atoms with E-state index in [2.05, 4.69) is 10.3 Å². The van der Waals surface area contributed by atoms with Crippen molar-refractivity contribution < 1.29 is 4.92 Å². The summed E-state index contributed by atoms with van der Waals surface area (Å²) in [5, 5.41) is 13.6.